The first-order valence-electron chi connectivity index (χ1n) is 7.97. The number of amides is 1. The number of hydrogen-bond acceptors (Lipinski definition) is 7. The summed E-state index contributed by atoms with van der Waals surface area (Å²) >= 11 is 0. The van der Waals surface area contributed by atoms with Crippen LogP contribution in [-0.2, 0) is 14.6 Å². The van der Waals surface area contributed by atoms with Crippen LogP contribution in [0.5, 0.6) is 17.2 Å². The average molecular weight is 406 g/mol. The minimum atomic E-state index is -3.05. The second kappa shape index (κ2) is 8.98. The number of benzene rings is 1. The van der Waals surface area contributed by atoms with Crippen LogP contribution >= 0.6 is 0 Å². The Morgan fingerprint density at radius 1 is 1.33 bits per heavy atom. The van der Waals surface area contributed by atoms with Crippen LogP contribution in [0, 0.1) is 5.92 Å². The molecule has 1 N–H and O–H groups in total. The summed E-state index contributed by atoms with van der Waals surface area (Å²) in [4.78, 5) is 11.8. The number of alkyl halides is 2. The number of carbonyl (C=O) groups is 1. The third kappa shape index (κ3) is 6.05. The van der Waals surface area contributed by atoms with Crippen molar-refractivity contribution in [2.75, 3.05) is 25.7 Å². The van der Waals surface area contributed by atoms with Crippen molar-refractivity contribution in [3.05, 3.63) is 17.7 Å². The molecule has 1 amide bonds. The van der Waals surface area contributed by atoms with Gasteiger partial charge in [-0.05, 0) is 24.5 Å². The summed E-state index contributed by atoms with van der Waals surface area (Å²) in [5, 5.41) is 3.79. The fourth-order valence-corrected chi connectivity index (χ4v) is 4.56. The number of methoxy groups -OCH3 is 2. The summed E-state index contributed by atoms with van der Waals surface area (Å²) in [7, 11) is -0.478. The van der Waals surface area contributed by atoms with Gasteiger partial charge >= 0.3 is 6.61 Å². The number of rotatable bonds is 8. The highest BCUT2D eigenvalue weighted by molar-refractivity contribution is 7.91. The van der Waals surface area contributed by atoms with Crippen molar-refractivity contribution < 1.29 is 36.2 Å². The van der Waals surface area contributed by atoms with Gasteiger partial charge < -0.3 is 14.2 Å². The molecule has 1 aliphatic rings. The third-order valence-electron chi connectivity index (χ3n) is 3.89. The van der Waals surface area contributed by atoms with Gasteiger partial charge in [0.2, 0.25) is 11.7 Å². The first-order valence-corrected chi connectivity index (χ1v) is 9.79. The molecule has 8 nitrogen and oxygen atoms in total. The number of ether oxygens (including phenoxy) is 3. The SMILES string of the molecule is COc1cc(/C=N\NC(=O)C[C@@H]2CCS(=O)(=O)C2)cc(OC)c1OC(F)F. The number of nitrogens with one attached hydrogen (secondary N) is 1. The van der Waals surface area contributed by atoms with Crippen molar-refractivity contribution >= 4 is 22.0 Å². The molecule has 1 aliphatic heterocycles. The molecule has 2 rings (SSSR count). The third-order valence-corrected chi connectivity index (χ3v) is 5.73. The molecular formula is C16H20F2N2O6S. The number of nitrogens with zero attached hydrogens (tertiary/aromatic N) is 1. The fraction of sp³-hybridized carbons (Fsp3) is 0.500. The molecule has 0 saturated carbocycles. The zero-order valence-electron chi connectivity index (χ0n) is 14.8. The van der Waals surface area contributed by atoms with E-state index in [4.69, 9.17) is 9.47 Å². The van der Waals surface area contributed by atoms with E-state index in [1.165, 1.54) is 32.6 Å². The number of hydrogen-bond donors (Lipinski definition) is 1. The Bertz CT molecular complexity index is 788. The van der Waals surface area contributed by atoms with Crippen LogP contribution in [0.3, 0.4) is 0 Å². The molecule has 0 unspecified atom stereocenters. The van der Waals surface area contributed by atoms with Gasteiger partial charge in [-0.25, -0.2) is 13.8 Å². The van der Waals surface area contributed by atoms with Gasteiger partial charge in [-0.2, -0.15) is 13.9 Å². The van der Waals surface area contributed by atoms with Gasteiger partial charge in [-0.3, -0.25) is 4.79 Å². The van der Waals surface area contributed by atoms with Gasteiger partial charge in [-0.15, -0.1) is 0 Å². The Morgan fingerprint density at radius 3 is 2.44 bits per heavy atom. The lowest BCUT2D eigenvalue weighted by atomic mass is 10.1. The molecule has 1 aromatic rings. The van der Waals surface area contributed by atoms with E-state index < -0.39 is 22.4 Å². The van der Waals surface area contributed by atoms with Crippen LogP contribution < -0.4 is 19.6 Å². The maximum Gasteiger partial charge on any atom is 0.387 e. The van der Waals surface area contributed by atoms with Crippen LogP contribution in [0.2, 0.25) is 0 Å². The number of carbonyl (C=O) groups excluding carboxylic acids is 1. The highest BCUT2D eigenvalue weighted by Crippen LogP contribution is 2.39. The molecule has 27 heavy (non-hydrogen) atoms. The summed E-state index contributed by atoms with van der Waals surface area (Å²) in [6.07, 6.45) is 1.80. The normalized spacial score (nSPS) is 18.6. The molecule has 150 valence electrons. The van der Waals surface area contributed by atoms with Crippen molar-refractivity contribution in [2.45, 2.75) is 19.5 Å². The topological polar surface area (TPSA) is 103 Å². The largest absolute Gasteiger partial charge is 0.493 e. The van der Waals surface area contributed by atoms with Gasteiger partial charge in [0.05, 0.1) is 31.9 Å². The van der Waals surface area contributed by atoms with E-state index in [-0.39, 0.29) is 41.1 Å². The summed E-state index contributed by atoms with van der Waals surface area (Å²) < 4.78 is 62.3. The molecule has 1 fully saturated rings. The van der Waals surface area contributed by atoms with Crippen molar-refractivity contribution in [1.29, 1.82) is 0 Å². The molecule has 0 spiro atoms. The molecule has 1 saturated heterocycles. The minimum Gasteiger partial charge on any atom is -0.493 e. The first kappa shape index (κ1) is 20.9. The van der Waals surface area contributed by atoms with Crippen molar-refractivity contribution in [3.8, 4) is 17.2 Å². The molecular weight excluding hydrogens is 386 g/mol. The predicted molar refractivity (Wildman–Crippen MR) is 93.3 cm³/mol. The standard InChI is InChI=1S/C16H20F2N2O6S/c1-24-12-5-11(6-13(25-2)15(12)26-16(17)18)8-19-20-14(21)7-10-3-4-27(22,23)9-10/h5-6,8,10,16H,3-4,7,9H2,1-2H3,(H,20,21)/b19-8-/t10-/m0/s1. The van der Waals surface area contributed by atoms with Crippen LogP contribution in [0.15, 0.2) is 17.2 Å². The Morgan fingerprint density at radius 2 is 1.96 bits per heavy atom. The lowest BCUT2D eigenvalue weighted by Gasteiger charge is -2.14. The molecule has 1 aromatic carbocycles. The smallest absolute Gasteiger partial charge is 0.387 e. The van der Waals surface area contributed by atoms with E-state index in [9.17, 15) is 22.0 Å². The van der Waals surface area contributed by atoms with Crippen molar-refractivity contribution in [2.24, 2.45) is 11.0 Å². The quantitative estimate of drug-likeness (QED) is 0.519. The molecule has 1 heterocycles. The average Bonchev–Trinajstić information content (AvgIpc) is 2.93. The molecule has 0 radical (unpaired) electrons. The second-order valence-corrected chi connectivity index (χ2v) is 8.13. The molecule has 11 heteroatoms. The summed E-state index contributed by atoms with van der Waals surface area (Å²) in [5.74, 6) is -0.748. The number of halogens is 2. The number of hydrazone groups is 1. The summed E-state index contributed by atoms with van der Waals surface area (Å²) in [5.41, 5.74) is 2.72. The highest BCUT2D eigenvalue weighted by Gasteiger charge is 2.29. The summed E-state index contributed by atoms with van der Waals surface area (Å²) in [6, 6.07) is 2.78. The van der Waals surface area contributed by atoms with Gasteiger partial charge in [-0.1, -0.05) is 0 Å². The van der Waals surface area contributed by atoms with E-state index in [2.05, 4.69) is 15.3 Å². The van der Waals surface area contributed by atoms with Crippen molar-refractivity contribution in [3.63, 3.8) is 0 Å². The Hall–Kier alpha value is -2.43. The lowest BCUT2D eigenvalue weighted by Crippen LogP contribution is -2.21. The Kier molecular flexibility index (Phi) is 6.94. The molecule has 0 aliphatic carbocycles. The summed E-state index contributed by atoms with van der Waals surface area (Å²) in [6.45, 7) is -3.05. The Labute approximate surface area is 155 Å². The molecule has 1 atom stereocenters. The van der Waals surface area contributed by atoms with Gasteiger partial charge in [0.15, 0.2) is 21.3 Å². The zero-order chi connectivity index (χ0) is 20.0. The maximum absolute atomic E-state index is 12.5. The monoisotopic (exact) mass is 406 g/mol. The predicted octanol–water partition coefficient (Wildman–Crippen LogP) is 1.58. The molecule has 0 aromatic heterocycles. The van der Waals surface area contributed by atoms with E-state index in [1.807, 2.05) is 0 Å². The van der Waals surface area contributed by atoms with Crippen LogP contribution in [0.1, 0.15) is 18.4 Å². The minimum absolute atomic E-state index is 0.00410. The van der Waals surface area contributed by atoms with E-state index in [0.717, 1.165) is 0 Å². The van der Waals surface area contributed by atoms with Gasteiger partial charge in [0, 0.05) is 12.0 Å². The molecule has 0 bridgehead atoms. The van der Waals surface area contributed by atoms with E-state index in [1.54, 1.807) is 0 Å². The highest BCUT2D eigenvalue weighted by atomic mass is 32.2. The van der Waals surface area contributed by atoms with Gasteiger partial charge in [0.1, 0.15) is 0 Å². The maximum atomic E-state index is 12.5. The van der Waals surface area contributed by atoms with Gasteiger partial charge in [0.25, 0.3) is 0 Å². The fourth-order valence-electron chi connectivity index (χ4n) is 2.70. The zero-order valence-corrected chi connectivity index (χ0v) is 15.6. The van der Waals surface area contributed by atoms with Crippen LogP contribution in [-0.4, -0.2) is 52.9 Å². The number of sulfone groups is 1. The van der Waals surface area contributed by atoms with E-state index in [0.29, 0.717) is 12.0 Å². The second-order valence-electron chi connectivity index (χ2n) is 5.90. The van der Waals surface area contributed by atoms with Crippen molar-refractivity contribution in [1.82, 2.24) is 5.43 Å². The Balaban J connectivity index is 2.02. The van der Waals surface area contributed by atoms with Crippen LogP contribution in [0.25, 0.3) is 0 Å². The lowest BCUT2D eigenvalue weighted by molar-refractivity contribution is -0.121. The first-order chi connectivity index (χ1) is 12.7. The van der Waals surface area contributed by atoms with Crippen LogP contribution in [0.4, 0.5) is 8.78 Å². The van der Waals surface area contributed by atoms with E-state index >= 15 is 0 Å².